The monoisotopic (exact) mass is 339 g/mol. The second-order valence-electron chi connectivity index (χ2n) is 5.58. The molecular formula is C15H19ClFN5O. The first kappa shape index (κ1) is 17.4. The van der Waals surface area contributed by atoms with Crippen LogP contribution in [0.5, 0.6) is 0 Å². The smallest absolute Gasteiger partial charge is 0.276 e. The van der Waals surface area contributed by atoms with Crippen LogP contribution in [-0.2, 0) is 6.54 Å². The Balaban J connectivity index is 0.00000192. The van der Waals surface area contributed by atoms with E-state index in [1.165, 1.54) is 16.8 Å². The van der Waals surface area contributed by atoms with E-state index in [4.69, 9.17) is 5.73 Å². The molecule has 0 bridgehead atoms. The third-order valence-corrected chi connectivity index (χ3v) is 3.74. The standard InChI is InChI=1S/C15H18FN5O.ClH/c16-12-4-1-3-11(7-12)8-21-10-14(18-19-21)15(22)20-6-2-5-13(17)9-20;/h1,3-4,7,10,13H,2,5-6,8-9,17H2;1H. The quantitative estimate of drug-likeness (QED) is 0.918. The van der Waals surface area contributed by atoms with Gasteiger partial charge in [0.1, 0.15) is 5.82 Å². The molecule has 2 heterocycles. The van der Waals surface area contributed by atoms with E-state index < -0.39 is 0 Å². The van der Waals surface area contributed by atoms with E-state index in [-0.39, 0.29) is 30.2 Å². The Bertz CT molecular complexity index is 677. The topological polar surface area (TPSA) is 77.0 Å². The molecule has 1 aliphatic rings. The number of aromatic nitrogens is 3. The average molecular weight is 340 g/mol. The molecule has 0 radical (unpaired) electrons. The molecule has 0 saturated carbocycles. The first-order valence-electron chi connectivity index (χ1n) is 7.31. The zero-order chi connectivity index (χ0) is 15.5. The largest absolute Gasteiger partial charge is 0.336 e. The Morgan fingerprint density at radius 3 is 3.00 bits per heavy atom. The highest BCUT2D eigenvalue weighted by Crippen LogP contribution is 2.12. The molecule has 1 amide bonds. The van der Waals surface area contributed by atoms with Gasteiger partial charge in [-0.3, -0.25) is 4.79 Å². The van der Waals surface area contributed by atoms with Crippen LogP contribution in [0.3, 0.4) is 0 Å². The highest BCUT2D eigenvalue weighted by Gasteiger charge is 2.24. The molecule has 1 aromatic carbocycles. The first-order valence-corrected chi connectivity index (χ1v) is 7.31. The number of amides is 1. The third kappa shape index (κ3) is 4.27. The van der Waals surface area contributed by atoms with Gasteiger partial charge in [0.25, 0.3) is 5.91 Å². The fourth-order valence-electron chi connectivity index (χ4n) is 2.65. The van der Waals surface area contributed by atoms with Crippen molar-refractivity contribution in [1.82, 2.24) is 19.9 Å². The Labute approximate surface area is 139 Å². The molecule has 0 spiro atoms. The van der Waals surface area contributed by atoms with Crippen molar-refractivity contribution in [2.75, 3.05) is 13.1 Å². The van der Waals surface area contributed by atoms with Crippen LogP contribution in [0.4, 0.5) is 4.39 Å². The van der Waals surface area contributed by atoms with Gasteiger partial charge >= 0.3 is 0 Å². The molecule has 1 aliphatic heterocycles. The number of nitrogens with zero attached hydrogens (tertiary/aromatic N) is 4. The number of halogens is 2. The minimum atomic E-state index is -0.295. The minimum Gasteiger partial charge on any atom is -0.336 e. The summed E-state index contributed by atoms with van der Waals surface area (Å²) in [6, 6.07) is 6.30. The first-order chi connectivity index (χ1) is 10.6. The summed E-state index contributed by atoms with van der Waals surface area (Å²) in [5, 5.41) is 7.86. The van der Waals surface area contributed by atoms with Gasteiger partial charge in [0, 0.05) is 19.1 Å². The van der Waals surface area contributed by atoms with E-state index in [2.05, 4.69) is 10.3 Å². The van der Waals surface area contributed by atoms with Crippen molar-refractivity contribution in [3.05, 3.63) is 47.5 Å². The van der Waals surface area contributed by atoms with Crippen molar-refractivity contribution >= 4 is 18.3 Å². The van der Waals surface area contributed by atoms with Crippen molar-refractivity contribution in [3.63, 3.8) is 0 Å². The Kier molecular flexibility index (Phi) is 5.68. The zero-order valence-corrected chi connectivity index (χ0v) is 13.4. The summed E-state index contributed by atoms with van der Waals surface area (Å²) in [5.74, 6) is -0.447. The fraction of sp³-hybridized carbons (Fsp3) is 0.400. The summed E-state index contributed by atoms with van der Waals surface area (Å²) in [6.45, 7) is 1.62. The lowest BCUT2D eigenvalue weighted by atomic mass is 10.1. The number of carbonyl (C=O) groups is 1. The van der Waals surface area contributed by atoms with Gasteiger partial charge in [0.15, 0.2) is 5.69 Å². The van der Waals surface area contributed by atoms with Gasteiger partial charge in [-0.05, 0) is 30.5 Å². The van der Waals surface area contributed by atoms with Crippen LogP contribution in [0.1, 0.15) is 28.9 Å². The highest BCUT2D eigenvalue weighted by atomic mass is 35.5. The van der Waals surface area contributed by atoms with Gasteiger partial charge in [0.05, 0.1) is 12.7 Å². The molecule has 8 heteroatoms. The second kappa shape index (κ2) is 7.52. The predicted molar refractivity (Wildman–Crippen MR) is 85.9 cm³/mol. The maximum atomic E-state index is 13.2. The normalized spacial score (nSPS) is 17.7. The van der Waals surface area contributed by atoms with Crippen LogP contribution >= 0.6 is 12.4 Å². The molecule has 6 nitrogen and oxygen atoms in total. The van der Waals surface area contributed by atoms with Crippen LogP contribution in [-0.4, -0.2) is 44.9 Å². The molecular weight excluding hydrogens is 321 g/mol. The van der Waals surface area contributed by atoms with Crippen LogP contribution in [0.2, 0.25) is 0 Å². The van der Waals surface area contributed by atoms with Crippen molar-refractivity contribution < 1.29 is 9.18 Å². The highest BCUT2D eigenvalue weighted by molar-refractivity contribution is 5.92. The summed E-state index contributed by atoms with van der Waals surface area (Å²) in [4.78, 5) is 14.1. The van der Waals surface area contributed by atoms with Crippen LogP contribution < -0.4 is 5.73 Å². The Morgan fingerprint density at radius 1 is 1.43 bits per heavy atom. The number of likely N-dealkylation sites (tertiary alicyclic amines) is 1. The number of rotatable bonds is 3. The molecule has 2 N–H and O–H groups in total. The maximum absolute atomic E-state index is 13.2. The molecule has 1 atom stereocenters. The number of carbonyl (C=O) groups excluding carboxylic acids is 1. The van der Waals surface area contributed by atoms with Crippen molar-refractivity contribution in [1.29, 1.82) is 0 Å². The lowest BCUT2D eigenvalue weighted by molar-refractivity contribution is 0.0702. The maximum Gasteiger partial charge on any atom is 0.276 e. The summed E-state index contributed by atoms with van der Waals surface area (Å²) < 4.78 is 14.7. The van der Waals surface area contributed by atoms with E-state index in [0.29, 0.717) is 25.3 Å². The Morgan fingerprint density at radius 2 is 2.26 bits per heavy atom. The van der Waals surface area contributed by atoms with Crippen molar-refractivity contribution in [2.24, 2.45) is 5.73 Å². The van der Waals surface area contributed by atoms with E-state index in [1.54, 1.807) is 23.2 Å². The van der Waals surface area contributed by atoms with Crippen molar-refractivity contribution in [3.8, 4) is 0 Å². The van der Waals surface area contributed by atoms with Gasteiger partial charge in [-0.15, -0.1) is 17.5 Å². The van der Waals surface area contributed by atoms with Gasteiger partial charge in [-0.1, -0.05) is 17.3 Å². The fourth-order valence-corrected chi connectivity index (χ4v) is 2.65. The predicted octanol–water partition coefficient (Wildman–Crippen LogP) is 1.45. The van der Waals surface area contributed by atoms with Crippen LogP contribution in [0.15, 0.2) is 30.5 Å². The molecule has 1 saturated heterocycles. The van der Waals surface area contributed by atoms with E-state index in [9.17, 15) is 9.18 Å². The summed E-state index contributed by atoms with van der Waals surface area (Å²) in [5.41, 5.74) is 6.96. The number of hydrogen-bond acceptors (Lipinski definition) is 4. The molecule has 2 aromatic rings. The summed E-state index contributed by atoms with van der Waals surface area (Å²) >= 11 is 0. The molecule has 1 unspecified atom stereocenters. The van der Waals surface area contributed by atoms with Crippen LogP contribution in [0, 0.1) is 5.82 Å². The molecule has 124 valence electrons. The van der Waals surface area contributed by atoms with E-state index in [1.807, 2.05) is 0 Å². The van der Waals surface area contributed by atoms with Crippen LogP contribution in [0.25, 0.3) is 0 Å². The minimum absolute atomic E-state index is 0. The molecule has 1 aromatic heterocycles. The SMILES string of the molecule is Cl.NC1CCCN(C(=O)c2cn(Cc3cccc(F)c3)nn2)C1. The zero-order valence-electron chi connectivity index (χ0n) is 12.6. The van der Waals surface area contributed by atoms with Gasteiger partial charge in [0.2, 0.25) is 0 Å². The molecule has 23 heavy (non-hydrogen) atoms. The second-order valence-corrected chi connectivity index (χ2v) is 5.58. The Hall–Kier alpha value is -1.99. The van der Waals surface area contributed by atoms with E-state index in [0.717, 1.165) is 18.4 Å². The van der Waals surface area contributed by atoms with Gasteiger partial charge in [-0.25, -0.2) is 9.07 Å². The number of nitrogens with two attached hydrogens (primary N) is 1. The number of benzene rings is 1. The molecule has 3 rings (SSSR count). The number of hydrogen-bond donors (Lipinski definition) is 1. The lowest BCUT2D eigenvalue weighted by Gasteiger charge is -2.30. The molecule has 0 aliphatic carbocycles. The number of piperidine rings is 1. The summed E-state index contributed by atoms with van der Waals surface area (Å²) in [6.07, 6.45) is 3.44. The average Bonchev–Trinajstić information content (AvgIpc) is 2.95. The van der Waals surface area contributed by atoms with Gasteiger partial charge in [-0.2, -0.15) is 0 Å². The van der Waals surface area contributed by atoms with Crippen molar-refractivity contribution in [2.45, 2.75) is 25.4 Å². The molecule has 1 fully saturated rings. The van der Waals surface area contributed by atoms with Gasteiger partial charge < -0.3 is 10.6 Å². The van der Waals surface area contributed by atoms with E-state index >= 15 is 0 Å². The third-order valence-electron chi connectivity index (χ3n) is 3.74. The lowest BCUT2D eigenvalue weighted by Crippen LogP contribution is -2.45. The summed E-state index contributed by atoms with van der Waals surface area (Å²) in [7, 11) is 0.